The average molecular weight is 286 g/mol. The van der Waals surface area contributed by atoms with Crippen LogP contribution in [-0.2, 0) is 4.79 Å². The van der Waals surface area contributed by atoms with Gasteiger partial charge in [0.05, 0.1) is 23.4 Å². The number of aliphatic carboxylic acids is 1. The molecule has 0 spiro atoms. The zero-order valence-electron chi connectivity index (χ0n) is 11.2. The maximum atomic E-state index is 12.5. The minimum absolute atomic E-state index is 0.195. The van der Waals surface area contributed by atoms with Gasteiger partial charge in [-0.1, -0.05) is 0 Å². The largest absolute Gasteiger partial charge is 0.481 e. The van der Waals surface area contributed by atoms with Gasteiger partial charge in [0.1, 0.15) is 0 Å². The molecule has 0 radical (unpaired) electrons. The fourth-order valence-corrected chi connectivity index (χ4v) is 2.50. The molecule has 7 nitrogen and oxygen atoms in total. The lowest BCUT2D eigenvalue weighted by atomic mass is 10.1. The Morgan fingerprint density at radius 2 is 2.10 bits per heavy atom. The van der Waals surface area contributed by atoms with Gasteiger partial charge < -0.3 is 10.0 Å². The Bertz CT molecular complexity index is 668. The first kappa shape index (κ1) is 13.3. The van der Waals surface area contributed by atoms with Crippen LogP contribution in [0.15, 0.2) is 30.7 Å². The van der Waals surface area contributed by atoms with Crippen molar-refractivity contribution in [2.24, 2.45) is 5.92 Å². The Kier molecular flexibility index (Phi) is 3.39. The number of amides is 1. The number of aromatic amines is 1. The van der Waals surface area contributed by atoms with Gasteiger partial charge in [-0.15, -0.1) is 0 Å². The smallest absolute Gasteiger partial charge is 0.308 e. The molecule has 2 aromatic heterocycles. The van der Waals surface area contributed by atoms with E-state index in [1.54, 1.807) is 29.4 Å². The first-order valence-electron chi connectivity index (χ1n) is 6.62. The second-order valence-corrected chi connectivity index (χ2v) is 4.97. The number of carbonyl (C=O) groups is 2. The highest BCUT2D eigenvalue weighted by atomic mass is 16.4. The van der Waals surface area contributed by atoms with E-state index >= 15 is 0 Å². The summed E-state index contributed by atoms with van der Waals surface area (Å²) < 4.78 is 0. The summed E-state index contributed by atoms with van der Waals surface area (Å²) in [5.41, 5.74) is 1.90. The lowest BCUT2D eigenvalue weighted by Gasteiger charge is -2.15. The number of rotatable bonds is 3. The molecule has 0 unspecified atom stereocenters. The molecule has 1 aliphatic heterocycles. The molecule has 3 rings (SSSR count). The molecule has 0 bridgehead atoms. The van der Waals surface area contributed by atoms with Crippen molar-refractivity contribution in [2.45, 2.75) is 6.42 Å². The highest BCUT2D eigenvalue weighted by Gasteiger charge is 2.32. The lowest BCUT2D eigenvalue weighted by Crippen LogP contribution is -2.30. The van der Waals surface area contributed by atoms with Crippen LogP contribution in [0, 0.1) is 5.92 Å². The van der Waals surface area contributed by atoms with Gasteiger partial charge >= 0.3 is 5.97 Å². The third kappa shape index (κ3) is 2.49. The number of nitrogens with zero attached hydrogens (tertiary/aromatic N) is 3. The lowest BCUT2D eigenvalue weighted by molar-refractivity contribution is -0.141. The molecule has 2 aromatic rings. The normalized spacial score (nSPS) is 17.9. The number of likely N-dealkylation sites (tertiary alicyclic amines) is 1. The number of H-pyrrole nitrogens is 1. The molecule has 0 aromatic carbocycles. The Hall–Kier alpha value is -2.70. The van der Waals surface area contributed by atoms with E-state index in [1.165, 1.54) is 6.20 Å². The van der Waals surface area contributed by atoms with Crippen LogP contribution in [0.1, 0.15) is 16.8 Å². The Labute approximate surface area is 120 Å². The third-order valence-corrected chi connectivity index (χ3v) is 3.66. The summed E-state index contributed by atoms with van der Waals surface area (Å²) >= 11 is 0. The van der Waals surface area contributed by atoms with Crippen molar-refractivity contribution < 1.29 is 14.7 Å². The van der Waals surface area contributed by atoms with Gasteiger partial charge in [0.25, 0.3) is 5.91 Å². The monoisotopic (exact) mass is 286 g/mol. The minimum atomic E-state index is -0.855. The first-order chi connectivity index (χ1) is 10.2. The van der Waals surface area contributed by atoms with E-state index in [-0.39, 0.29) is 12.5 Å². The summed E-state index contributed by atoms with van der Waals surface area (Å²) in [7, 11) is 0. The zero-order valence-corrected chi connectivity index (χ0v) is 11.2. The molecule has 1 amide bonds. The summed E-state index contributed by atoms with van der Waals surface area (Å²) in [4.78, 5) is 29.0. The van der Waals surface area contributed by atoms with E-state index in [2.05, 4.69) is 15.2 Å². The predicted octanol–water partition coefficient (Wildman–Crippen LogP) is 1.02. The number of carboxylic acids is 1. The second-order valence-electron chi connectivity index (χ2n) is 4.97. The molecule has 21 heavy (non-hydrogen) atoms. The molecule has 2 N–H and O–H groups in total. The summed E-state index contributed by atoms with van der Waals surface area (Å²) in [6, 6.07) is 3.57. The van der Waals surface area contributed by atoms with Gasteiger partial charge in [-0.2, -0.15) is 5.10 Å². The number of carboxylic acid groups (broad SMARTS) is 1. The van der Waals surface area contributed by atoms with Gasteiger partial charge in [-0.25, -0.2) is 0 Å². The van der Waals surface area contributed by atoms with Crippen LogP contribution in [0.4, 0.5) is 0 Å². The van der Waals surface area contributed by atoms with Crippen LogP contribution in [0.2, 0.25) is 0 Å². The van der Waals surface area contributed by atoms with Crippen molar-refractivity contribution in [3.8, 4) is 11.3 Å². The summed E-state index contributed by atoms with van der Waals surface area (Å²) in [5.74, 6) is -1.53. The molecule has 1 saturated heterocycles. The molecule has 3 heterocycles. The van der Waals surface area contributed by atoms with Crippen molar-refractivity contribution in [3.05, 3.63) is 36.3 Å². The van der Waals surface area contributed by atoms with Crippen LogP contribution < -0.4 is 0 Å². The molecule has 108 valence electrons. The topological polar surface area (TPSA) is 99.2 Å². The molecule has 0 saturated carbocycles. The Balaban J connectivity index is 1.84. The minimum Gasteiger partial charge on any atom is -0.481 e. The SMILES string of the molecule is O=C(O)[C@@H]1CCN(C(=O)c2cn[nH]c2-c2ccncc2)C1. The summed E-state index contributed by atoms with van der Waals surface area (Å²) in [5, 5.41) is 15.8. The second kappa shape index (κ2) is 5.35. The third-order valence-electron chi connectivity index (χ3n) is 3.66. The van der Waals surface area contributed by atoms with Gasteiger partial charge in [0, 0.05) is 31.0 Å². The van der Waals surface area contributed by atoms with E-state index in [9.17, 15) is 9.59 Å². The number of carbonyl (C=O) groups excluding carboxylic acids is 1. The number of hydrogen-bond donors (Lipinski definition) is 2. The maximum Gasteiger partial charge on any atom is 0.308 e. The standard InChI is InChI=1S/C14H14N4O3/c19-13(18-6-3-10(8-18)14(20)21)11-7-16-17-12(11)9-1-4-15-5-2-9/h1-2,4-5,7,10H,3,6,8H2,(H,16,17)(H,20,21)/t10-/m1/s1. The van der Waals surface area contributed by atoms with Crippen LogP contribution in [-0.4, -0.2) is 50.2 Å². The van der Waals surface area contributed by atoms with Gasteiger partial charge in [0.15, 0.2) is 0 Å². The molecular formula is C14H14N4O3. The number of aromatic nitrogens is 3. The number of pyridine rings is 1. The van der Waals surface area contributed by atoms with E-state index < -0.39 is 11.9 Å². The highest BCUT2D eigenvalue weighted by molar-refractivity contribution is 6.00. The summed E-state index contributed by atoms with van der Waals surface area (Å²) in [6.07, 6.45) is 5.25. The van der Waals surface area contributed by atoms with Crippen molar-refractivity contribution >= 4 is 11.9 Å². The first-order valence-corrected chi connectivity index (χ1v) is 6.62. The predicted molar refractivity (Wildman–Crippen MR) is 73.5 cm³/mol. The summed E-state index contributed by atoms with van der Waals surface area (Å²) in [6.45, 7) is 0.700. The average Bonchev–Trinajstić information content (AvgIpc) is 3.17. The quantitative estimate of drug-likeness (QED) is 0.877. The van der Waals surface area contributed by atoms with Gasteiger partial charge in [-0.05, 0) is 18.6 Å². The van der Waals surface area contributed by atoms with E-state index in [0.717, 1.165) is 5.56 Å². The Morgan fingerprint density at radius 1 is 1.33 bits per heavy atom. The fourth-order valence-electron chi connectivity index (χ4n) is 2.50. The van der Waals surface area contributed by atoms with Gasteiger partial charge in [-0.3, -0.25) is 19.7 Å². The molecule has 1 fully saturated rings. The fraction of sp³-hybridized carbons (Fsp3) is 0.286. The van der Waals surface area contributed by atoms with Crippen molar-refractivity contribution in [2.75, 3.05) is 13.1 Å². The number of hydrogen-bond acceptors (Lipinski definition) is 4. The zero-order chi connectivity index (χ0) is 14.8. The molecule has 7 heteroatoms. The van der Waals surface area contributed by atoms with Crippen LogP contribution in [0.5, 0.6) is 0 Å². The molecular weight excluding hydrogens is 272 g/mol. The van der Waals surface area contributed by atoms with Gasteiger partial charge in [0.2, 0.25) is 0 Å². The van der Waals surface area contributed by atoms with Crippen molar-refractivity contribution in [1.29, 1.82) is 0 Å². The van der Waals surface area contributed by atoms with Crippen LogP contribution in [0.25, 0.3) is 11.3 Å². The molecule has 0 aliphatic carbocycles. The molecule has 1 atom stereocenters. The van der Waals surface area contributed by atoms with E-state index in [0.29, 0.717) is 24.2 Å². The number of nitrogens with one attached hydrogen (secondary N) is 1. The van der Waals surface area contributed by atoms with Crippen LogP contribution in [0.3, 0.4) is 0 Å². The maximum absolute atomic E-state index is 12.5. The Morgan fingerprint density at radius 3 is 2.76 bits per heavy atom. The van der Waals surface area contributed by atoms with Crippen molar-refractivity contribution in [1.82, 2.24) is 20.1 Å². The van der Waals surface area contributed by atoms with E-state index in [4.69, 9.17) is 5.11 Å². The molecule has 1 aliphatic rings. The van der Waals surface area contributed by atoms with Crippen LogP contribution >= 0.6 is 0 Å². The van der Waals surface area contributed by atoms with Crippen molar-refractivity contribution in [3.63, 3.8) is 0 Å². The van der Waals surface area contributed by atoms with E-state index in [1.807, 2.05) is 0 Å². The highest BCUT2D eigenvalue weighted by Crippen LogP contribution is 2.24.